The minimum atomic E-state index is -3.66. The molecule has 0 heterocycles. The predicted molar refractivity (Wildman–Crippen MR) is 184 cm³/mol. The van der Waals surface area contributed by atoms with Crippen molar-refractivity contribution >= 4 is 62.3 Å². The molecule has 4 rings (SSSR count). The first-order chi connectivity index (χ1) is 21.4. The largest absolute Gasteiger partial charge is 0.352 e. The van der Waals surface area contributed by atoms with Crippen molar-refractivity contribution in [3.63, 3.8) is 0 Å². The van der Waals surface area contributed by atoms with Crippen molar-refractivity contribution in [2.24, 2.45) is 0 Å². The summed E-state index contributed by atoms with van der Waals surface area (Å²) in [5.41, 5.74) is 2.88. The second kappa shape index (κ2) is 16.2. The Labute approximate surface area is 281 Å². The van der Waals surface area contributed by atoms with E-state index in [-0.39, 0.29) is 43.8 Å². The van der Waals surface area contributed by atoms with E-state index in [9.17, 15) is 18.0 Å². The number of anilines is 1. The highest BCUT2D eigenvalue weighted by atomic mass is 35.5. The Kier molecular flexibility index (Phi) is 12.6. The van der Waals surface area contributed by atoms with Crippen molar-refractivity contribution in [1.29, 1.82) is 0 Å². The van der Waals surface area contributed by atoms with Crippen molar-refractivity contribution in [3.05, 3.63) is 98.5 Å². The monoisotopic (exact) mass is 691 g/mol. The third-order valence-electron chi connectivity index (χ3n) is 8.15. The molecule has 3 aromatic rings. The Morgan fingerprint density at radius 2 is 1.62 bits per heavy atom. The summed E-state index contributed by atoms with van der Waals surface area (Å²) in [5, 5.41) is 4.40. The van der Waals surface area contributed by atoms with Gasteiger partial charge >= 0.3 is 0 Å². The van der Waals surface area contributed by atoms with Crippen molar-refractivity contribution in [2.45, 2.75) is 76.9 Å². The number of rotatable bonds is 13. The maximum atomic E-state index is 14.1. The number of benzene rings is 3. The molecule has 3 aromatic carbocycles. The van der Waals surface area contributed by atoms with Crippen LogP contribution >= 0.6 is 34.8 Å². The smallest absolute Gasteiger partial charge is 0.243 e. The molecule has 1 aliphatic rings. The Balaban J connectivity index is 1.62. The summed E-state index contributed by atoms with van der Waals surface area (Å²) in [5.74, 6) is -0.469. The van der Waals surface area contributed by atoms with Gasteiger partial charge in [-0.15, -0.1) is 0 Å². The molecule has 11 heteroatoms. The van der Waals surface area contributed by atoms with Gasteiger partial charge < -0.3 is 10.2 Å². The number of amides is 2. The molecule has 1 N–H and O–H groups in total. The zero-order valence-corrected chi connectivity index (χ0v) is 28.7. The summed E-state index contributed by atoms with van der Waals surface area (Å²) in [6.45, 7) is 2.02. The van der Waals surface area contributed by atoms with E-state index >= 15 is 0 Å². The van der Waals surface area contributed by atoms with Crippen LogP contribution in [-0.4, -0.2) is 50.0 Å². The van der Waals surface area contributed by atoms with Crippen LogP contribution < -0.4 is 9.62 Å². The fraction of sp³-hybridized carbons (Fsp3) is 0.412. The average Bonchev–Trinajstić information content (AvgIpc) is 3.00. The minimum absolute atomic E-state index is 0.0228. The van der Waals surface area contributed by atoms with Crippen molar-refractivity contribution < 1.29 is 18.0 Å². The second-order valence-electron chi connectivity index (χ2n) is 11.7. The van der Waals surface area contributed by atoms with Crippen LogP contribution in [0.15, 0.2) is 66.7 Å². The molecule has 0 aromatic heterocycles. The normalized spacial score (nSPS) is 14.5. The zero-order chi connectivity index (χ0) is 32.6. The van der Waals surface area contributed by atoms with E-state index in [1.54, 1.807) is 41.3 Å². The van der Waals surface area contributed by atoms with E-state index < -0.39 is 16.1 Å². The number of hydrogen-bond donors (Lipinski definition) is 1. The van der Waals surface area contributed by atoms with Crippen molar-refractivity contribution in [2.75, 3.05) is 17.1 Å². The number of nitrogens with zero attached hydrogens (tertiary/aromatic N) is 2. The van der Waals surface area contributed by atoms with Crippen LogP contribution in [0.25, 0.3) is 0 Å². The quantitative estimate of drug-likeness (QED) is 0.200. The minimum Gasteiger partial charge on any atom is -0.352 e. The Morgan fingerprint density at radius 1 is 0.911 bits per heavy atom. The molecular weight excluding hydrogens is 653 g/mol. The molecule has 1 aliphatic carbocycles. The highest BCUT2D eigenvalue weighted by molar-refractivity contribution is 7.92. The summed E-state index contributed by atoms with van der Waals surface area (Å²) in [7, 11) is -3.66. The molecule has 7 nitrogen and oxygen atoms in total. The lowest BCUT2D eigenvalue weighted by Gasteiger charge is -2.34. The molecule has 45 heavy (non-hydrogen) atoms. The van der Waals surface area contributed by atoms with E-state index in [0.29, 0.717) is 27.2 Å². The van der Waals surface area contributed by atoms with Crippen LogP contribution in [0.1, 0.15) is 61.6 Å². The van der Waals surface area contributed by atoms with Crippen LogP contribution in [0, 0.1) is 6.92 Å². The number of sulfonamides is 1. The molecule has 1 fully saturated rings. The number of carbonyl (C=O) groups is 2. The molecule has 1 saturated carbocycles. The summed E-state index contributed by atoms with van der Waals surface area (Å²) in [4.78, 5) is 29.7. The van der Waals surface area contributed by atoms with E-state index in [1.165, 1.54) is 4.31 Å². The SMILES string of the molecule is Cc1ccc(Cl)cc1N(CCCC(=O)N(Cc1ccc(Cl)c(Cl)c1)[C@@H](Cc1ccccc1)C(=O)NC1CCCCC1)S(C)(=O)=O. The van der Waals surface area contributed by atoms with Crippen LogP contribution in [0.2, 0.25) is 15.1 Å². The van der Waals surface area contributed by atoms with E-state index in [1.807, 2.05) is 37.3 Å². The third-order valence-corrected chi connectivity index (χ3v) is 10.3. The van der Waals surface area contributed by atoms with Gasteiger partial charge in [-0.1, -0.05) is 96.5 Å². The second-order valence-corrected chi connectivity index (χ2v) is 14.8. The van der Waals surface area contributed by atoms with Crippen LogP contribution in [-0.2, 0) is 32.6 Å². The maximum absolute atomic E-state index is 14.1. The van der Waals surface area contributed by atoms with E-state index in [2.05, 4.69) is 5.32 Å². The van der Waals surface area contributed by atoms with Crippen molar-refractivity contribution in [3.8, 4) is 0 Å². The Morgan fingerprint density at radius 3 is 2.29 bits per heavy atom. The summed E-state index contributed by atoms with van der Waals surface area (Å²) < 4.78 is 26.9. The number of aryl methyl sites for hydroxylation is 1. The van der Waals surface area contributed by atoms with Crippen LogP contribution in [0.3, 0.4) is 0 Å². The highest BCUT2D eigenvalue weighted by Crippen LogP contribution is 2.28. The number of hydrogen-bond acceptors (Lipinski definition) is 4. The molecule has 0 aliphatic heterocycles. The first kappa shape index (κ1) is 35.1. The average molecular weight is 693 g/mol. The van der Waals surface area contributed by atoms with E-state index in [0.717, 1.165) is 55.1 Å². The summed E-state index contributed by atoms with van der Waals surface area (Å²) in [6.07, 6.45) is 6.81. The van der Waals surface area contributed by atoms with Gasteiger partial charge in [-0.25, -0.2) is 8.42 Å². The van der Waals surface area contributed by atoms with Gasteiger partial charge in [-0.2, -0.15) is 0 Å². The topological polar surface area (TPSA) is 86.8 Å². The van der Waals surface area contributed by atoms with Gasteiger partial charge in [-0.3, -0.25) is 13.9 Å². The van der Waals surface area contributed by atoms with Crippen molar-refractivity contribution in [1.82, 2.24) is 10.2 Å². The van der Waals surface area contributed by atoms with Gasteiger partial charge in [0.2, 0.25) is 21.8 Å². The van der Waals surface area contributed by atoms with Gasteiger partial charge in [0.05, 0.1) is 22.0 Å². The Bertz CT molecular complexity index is 1580. The van der Waals surface area contributed by atoms with Gasteiger partial charge in [0, 0.05) is 37.0 Å². The predicted octanol–water partition coefficient (Wildman–Crippen LogP) is 7.59. The summed E-state index contributed by atoms with van der Waals surface area (Å²) in [6, 6.07) is 19.1. The van der Waals surface area contributed by atoms with Crippen LogP contribution in [0.4, 0.5) is 5.69 Å². The zero-order valence-electron chi connectivity index (χ0n) is 25.6. The lowest BCUT2D eigenvalue weighted by atomic mass is 9.94. The van der Waals surface area contributed by atoms with E-state index in [4.69, 9.17) is 34.8 Å². The fourth-order valence-electron chi connectivity index (χ4n) is 5.77. The highest BCUT2D eigenvalue weighted by Gasteiger charge is 2.32. The molecule has 1 atom stereocenters. The maximum Gasteiger partial charge on any atom is 0.243 e. The fourth-order valence-corrected chi connectivity index (χ4v) is 7.27. The lowest BCUT2D eigenvalue weighted by Crippen LogP contribution is -2.53. The molecule has 0 saturated heterocycles. The summed E-state index contributed by atoms with van der Waals surface area (Å²) >= 11 is 18.7. The van der Waals surface area contributed by atoms with Crippen LogP contribution in [0.5, 0.6) is 0 Å². The van der Waals surface area contributed by atoms with Gasteiger partial charge in [0.1, 0.15) is 6.04 Å². The first-order valence-electron chi connectivity index (χ1n) is 15.2. The molecule has 0 unspecified atom stereocenters. The first-order valence-corrected chi connectivity index (χ1v) is 18.2. The third kappa shape index (κ3) is 10.1. The van der Waals surface area contributed by atoms with Gasteiger partial charge in [0.15, 0.2) is 0 Å². The molecule has 0 radical (unpaired) electrons. The molecule has 2 amide bonds. The van der Waals surface area contributed by atoms with Gasteiger partial charge in [0.25, 0.3) is 0 Å². The standard InChI is InChI=1S/C34H40Cl3N3O4S/c1-24-15-17-27(35)22-31(24)40(45(2,43)44)19-9-14-33(41)39(23-26-16-18-29(36)30(37)20-26)32(21-25-10-5-3-6-11-25)34(42)38-28-12-7-4-8-13-28/h3,5-6,10-11,15-18,20,22,28,32H,4,7-9,12-14,19,21,23H2,1-2H3,(H,38,42)/t32-/m0/s1. The number of carbonyl (C=O) groups excluding carboxylic acids is 2. The van der Waals surface area contributed by atoms with Gasteiger partial charge in [-0.05, 0) is 67.1 Å². The molecular formula is C34H40Cl3N3O4S. The Hall–Kier alpha value is -2.78. The lowest BCUT2D eigenvalue weighted by molar-refractivity contribution is -0.141. The number of nitrogens with one attached hydrogen (secondary N) is 1. The molecule has 0 bridgehead atoms. The number of halogens is 3. The molecule has 242 valence electrons. The molecule has 0 spiro atoms.